The van der Waals surface area contributed by atoms with Crippen LogP contribution in [0.4, 0.5) is 5.69 Å². The summed E-state index contributed by atoms with van der Waals surface area (Å²) < 4.78 is 28.8. The number of phenols is 1. The largest absolute Gasteiger partial charge is 0.505 e. The maximum Gasteiger partial charge on any atom is 0.265 e. The first-order chi connectivity index (χ1) is 9.24. The molecule has 0 amide bonds. The zero-order valence-electron chi connectivity index (χ0n) is 11.8. The van der Waals surface area contributed by atoms with Gasteiger partial charge in [0.05, 0.1) is 17.1 Å². The zero-order valence-corrected chi connectivity index (χ0v) is 12.6. The molecule has 1 heterocycles. The van der Waals surface area contributed by atoms with Crippen LogP contribution in [0.5, 0.6) is 5.75 Å². The van der Waals surface area contributed by atoms with Crippen LogP contribution in [0.3, 0.4) is 0 Å². The Balaban J connectivity index is 2.49. The highest BCUT2D eigenvalue weighted by atomic mass is 32.2. The minimum absolute atomic E-state index is 0.0738. The lowest BCUT2D eigenvalue weighted by atomic mass is 10.2. The first-order valence-electron chi connectivity index (χ1n) is 6.05. The van der Waals surface area contributed by atoms with E-state index in [1.54, 1.807) is 40.0 Å². The summed E-state index contributed by atoms with van der Waals surface area (Å²) in [4.78, 5) is 0.140. The lowest BCUT2D eigenvalue weighted by Crippen LogP contribution is -2.15. The number of aromatic nitrogens is 2. The Morgan fingerprint density at radius 2 is 1.90 bits per heavy atom. The van der Waals surface area contributed by atoms with Gasteiger partial charge in [-0.2, -0.15) is 5.10 Å². The van der Waals surface area contributed by atoms with E-state index in [0.29, 0.717) is 17.0 Å². The monoisotopic (exact) mass is 295 g/mol. The van der Waals surface area contributed by atoms with Gasteiger partial charge in [-0.05, 0) is 32.4 Å². The van der Waals surface area contributed by atoms with Gasteiger partial charge >= 0.3 is 0 Å². The Morgan fingerprint density at radius 3 is 2.45 bits per heavy atom. The minimum atomic E-state index is -3.79. The summed E-state index contributed by atoms with van der Waals surface area (Å²) >= 11 is 0. The molecule has 2 rings (SSSR count). The van der Waals surface area contributed by atoms with Crippen LogP contribution in [-0.4, -0.2) is 23.3 Å². The molecule has 0 fully saturated rings. The number of sulfonamides is 1. The molecule has 0 atom stereocenters. The summed E-state index contributed by atoms with van der Waals surface area (Å²) in [5.74, 6) is -0.0738. The van der Waals surface area contributed by atoms with Gasteiger partial charge in [0, 0.05) is 7.05 Å². The highest BCUT2D eigenvalue weighted by Gasteiger charge is 2.24. The molecule has 2 aromatic rings. The van der Waals surface area contributed by atoms with Gasteiger partial charge in [-0.1, -0.05) is 12.1 Å². The van der Waals surface area contributed by atoms with Crippen LogP contribution in [0.1, 0.15) is 17.0 Å². The molecule has 6 nitrogen and oxygen atoms in total. The van der Waals surface area contributed by atoms with Crippen molar-refractivity contribution in [2.75, 3.05) is 4.72 Å². The SMILES string of the molecule is Cc1cccc(NS(=O)(=O)c2c(C)nn(C)c2C)c1O. The standard InChI is InChI=1S/C13H17N3O3S/c1-8-6-5-7-11(12(8)17)15-20(18,19)13-9(2)14-16(4)10(13)3/h5-7,15,17H,1-4H3. The van der Waals surface area contributed by atoms with Crippen molar-refractivity contribution in [3.05, 3.63) is 35.2 Å². The van der Waals surface area contributed by atoms with Crippen LogP contribution < -0.4 is 4.72 Å². The Bertz CT molecular complexity index is 763. The Kier molecular flexibility index (Phi) is 3.47. The molecule has 0 saturated heterocycles. The van der Waals surface area contributed by atoms with Gasteiger partial charge in [-0.15, -0.1) is 0 Å². The van der Waals surface area contributed by atoms with Crippen molar-refractivity contribution in [2.45, 2.75) is 25.7 Å². The van der Waals surface area contributed by atoms with Gasteiger partial charge < -0.3 is 5.11 Å². The molecule has 20 heavy (non-hydrogen) atoms. The van der Waals surface area contributed by atoms with Crippen molar-refractivity contribution in [3.8, 4) is 5.75 Å². The quantitative estimate of drug-likeness (QED) is 0.846. The highest BCUT2D eigenvalue weighted by Crippen LogP contribution is 2.30. The Hall–Kier alpha value is -2.02. The lowest BCUT2D eigenvalue weighted by molar-refractivity contribution is 0.473. The molecule has 0 saturated carbocycles. The predicted octanol–water partition coefficient (Wildman–Crippen LogP) is 1.85. The van der Waals surface area contributed by atoms with E-state index < -0.39 is 10.0 Å². The third-order valence-electron chi connectivity index (χ3n) is 3.19. The van der Waals surface area contributed by atoms with Crippen LogP contribution in [-0.2, 0) is 17.1 Å². The molecule has 108 valence electrons. The molecule has 1 aromatic carbocycles. The molecule has 0 spiro atoms. The number of aromatic hydroxyl groups is 1. The van der Waals surface area contributed by atoms with Gasteiger partial charge in [0.1, 0.15) is 10.6 Å². The number of nitrogens with zero attached hydrogens (tertiary/aromatic N) is 2. The van der Waals surface area contributed by atoms with Gasteiger partial charge in [0.15, 0.2) is 0 Å². The van der Waals surface area contributed by atoms with E-state index in [9.17, 15) is 13.5 Å². The average Bonchev–Trinajstić information content (AvgIpc) is 2.59. The number of rotatable bonds is 3. The maximum atomic E-state index is 12.4. The van der Waals surface area contributed by atoms with E-state index in [1.807, 2.05) is 0 Å². The van der Waals surface area contributed by atoms with Crippen LogP contribution in [0.2, 0.25) is 0 Å². The van der Waals surface area contributed by atoms with Crippen LogP contribution in [0.25, 0.3) is 0 Å². The smallest absolute Gasteiger partial charge is 0.265 e. The van der Waals surface area contributed by atoms with Crippen LogP contribution in [0.15, 0.2) is 23.1 Å². The molecule has 7 heteroatoms. The molecule has 0 aliphatic carbocycles. The number of benzene rings is 1. The summed E-state index contributed by atoms with van der Waals surface area (Å²) in [6.07, 6.45) is 0. The van der Waals surface area contributed by atoms with E-state index in [4.69, 9.17) is 0 Å². The lowest BCUT2D eigenvalue weighted by Gasteiger charge is -2.11. The molecule has 0 aliphatic heterocycles. The van der Waals surface area contributed by atoms with Crippen molar-refractivity contribution >= 4 is 15.7 Å². The summed E-state index contributed by atoms with van der Waals surface area (Å²) in [7, 11) is -2.10. The first kappa shape index (κ1) is 14.4. The van der Waals surface area contributed by atoms with Crippen LogP contribution in [0, 0.1) is 20.8 Å². The molecule has 0 bridgehead atoms. The summed E-state index contributed by atoms with van der Waals surface area (Å²) in [5.41, 5.74) is 1.73. The maximum absolute atomic E-state index is 12.4. The topological polar surface area (TPSA) is 84.2 Å². The molecular formula is C13H17N3O3S. The van der Waals surface area contributed by atoms with Crippen molar-refractivity contribution < 1.29 is 13.5 Å². The number of anilines is 1. The number of hydrogen-bond acceptors (Lipinski definition) is 4. The van der Waals surface area contributed by atoms with Crippen molar-refractivity contribution in [2.24, 2.45) is 7.05 Å². The van der Waals surface area contributed by atoms with Crippen molar-refractivity contribution in [3.63, 3.8) is 0 Å². The minimum Gasteiger partial charge on any atom is -0.505 e. The highest BCUT2D eigenvalue weighted by molar-refractivity contribution is 7.92. The van der Waals surface area contributed by atoms with E-state index >= 15 is 0 Å². The van der Waals surface area contributed by atoms with Crippen LogP contribution >= 0.6 is 0 Å². The second kappa shape index (κ2) is 4.82. The fourth-order valence-corrected chi connectivity index (χ4v) is 3.59. The van der Waals surface area contributed by atoms with Crippen molar-refractivity contribution in [1.29, 1.82) is 0 Å². The van der Waals surface area contributed by atoms with E-state index in [1.165, 1.54) is 10.7 Å². The number of hydrogen-bond donors (Lipinski definition) is 2. The fraction of sp³-hybridized carbons (Fsp3) is 0.308. The number of aryl methyl sites for hydroxylation is 3. The predicted molar refractivity (Wildman–Crippen MR) is 76.3 cm³/mol. The van der Waals surface area contributed by atoms with E-state index in [2.05, 4.69) is 9.82 Å². The molecule has 0 aliphatic rings. The molecular weight excluding hydrogens is 278 g/mol. The van der Waals surface area contributed by atoms with E-state index in [-0.39, 0.29) is 16.3 Å². The third-order valence-corrected chi connectivity index (χ3v) is 4.81. The second-order valence-corrected chi connectivity index (χ2v) is 6.32. The molecule has 2 N–H and O–H groups in total. The summed E-state index contributed by atoms with van der Waals surface area (Å²) in [6.45, 7) is 5.02. The van der Waals surface area contributed by atoms with Gasteiger partial charge in [-0.25, -0.2) is 8.42 Å². The normalized spacial score (nSPS) is 11.6. The average molecular weight is 295 g/mol. The fourth-order valence-electron chi connectivity index (χ4n) is 2.08. The summed E-state index contributed by atoms with van der Waals surface area (Å²) in [5, 5.41) is 14.0. The first-order valence-corrected chi connectivity index (χ1v) is 7.54. The van der Waals surface area contributed by atoms with Gasteiger partial charge in [0.25, 0.3) is 10.0 Å². The molecule has 0 unspecified atom stereocenters. The number of para-hydroxylation sites is 1. The van der Waals surface area contributed by atoms with Gasteiger partial charge in [0.2, 0.25) is 0 Å². The number of phenolic OH excluding ortho intramolecular Hbond substituents is 1. The Labute approximate surface area is 118 Å². The number of nitrogens with one attached hydrogen (secondary N) is 1. The van der Waals surface area contributed by atoms with Gasteiger partial charge in [-0.3, -0.25) is 9.40 Å². The Morgan fingerprint density at radius 1 is 1.25 bits per heavy atom. The molecule has 1 aromatic heterocycles. The third kappa shape index (κ3) is 2.36. The second-order valence-electron chi connectivity index (χ2n) is 4.70. The molecule has 0 radical (unpaired) electrons. The summed E-state index contributed by atoms with van der Waals surface area (Å²) in [6, 6.07) is 4.89. The van der Waals surface area contributed by atoms with E-state index in [0.717, 1.165) is 0 Å². The zero-order chi connectivity index (χ0) is 15.1. The van der Waals surface area contributed by atoms with Crippen molar-refractivity contribution in [1.82, 2.24) is 9.78 Å².